The molecule has 1 atom stereocenters. The lowest BCUT2D eigenvalue weighted by molar-refractivity contribution is -0.0133. The van der Waals surface area contributed by atoms with Gasteiger partial charge in [0.2, 0.25) is 0 Å². The van der Waals surface area contributed by atoms with Gasteiger partial charge in [0.15, 0.2) is 5.58 Å². The number of carbonyl (C=O) groups is 1. The Morgan fingerprint density at radius 3 is 2.83 bits per heavy atom. The normalized spacial score (nSPS) is 12.2. The third kappa shape index (κ3) is 4.15. The van der Waals surface area contributed by atoms with Crippen molar-refractivity contribution in [3.05, 3.63) is 57.8 Å². The Morgan fingerprint density at radius 2 is 2.14 bits per heavy atom. The third-order valence-electron chi connectivity index (χ3n) is 4.52. The minimum Gasteiger partial charge on any atom is -0.463 e. The van der Waals surface area contributed by atoms with Gasteiger partial charge < -0.3 is 14.8 Å². The minimum absolute atomic E-state index is 0.0296. The first-order valence-electron chi connectivity index (χ1n) is 9.07. The zero-order valence-electron chi connectivity index (χ0n) is 16.3. The van der Waals surface area contributed by atoms with Gasteiger partial charge in [0, 0.05) is 7.05 Å². The number of furan rings is 1. The summed E-state index contributed by atoms with van der Waals surface area (Å²) in [6.45, 7) is 3.41. The van der Waals surface area contributed by atoms with E-state index in [4.69, 9.17) is 9.25 Å². The van der Waals surface area contributed by atoms with E-state index in [2.05, 4.69) is 10.8 Å². The summed E-state index contributed by atoms with van der Waals surface area (Å²) in [5.74, 6) is -1.21. The highest BCUT2D eigenvalue weighted by Gasteiger charge is 2.24. The molecule has 154 valence electrons. The van der Waals surface area contributed by atoms with E-state index in [-0.39, 0.29) is 34.6 Å². The summed E-state index contributed by atoms with van der Waals surface area (Å²) >= 11 is 0. The number of fused-ring (bicyclic) bond motifs is 1. The van der Waals surface area contributed by atoms with E-state index in [0.717, 1.165) is 5.56 Å². The van der Waals surface area contributed by atoms with Gasteiger partial charge in [-0.1, -0.05) is 13.0 Å². The summed E-state index contributed by atoms with van der Waals surface area (Å²) in [7, 11) is 1.46. The van der Waals surface area contributed by atoms with E-state index >= 15 is 0 Å². The molecule has 0 bridgehead atoms. The molecule has 1 aromatic carbocycles. The number of hydroxylamine groups is 1. The molecule has 8 nitrogen and oxygen atoms in total. The molecule has 0 unspecified atom stereocenters. The molecule has 2 aromatic heterocycles. The van der Waals surface area contributed by atoms with Crippen molar-refractivity contribution < 1.29 is 23.5 Å². The maximum absolute atomic E-state index is 14.4. The number of aromatic nitrogens is 1. The number of pyridine rings is 1. The molecule has 3 N–H and O–H groups in total. The highest BCUT2D eigenvalue weighted by molar-refractivity contribution is 6.09. The summed E-state index contributed by atoms with van der Waals surface area (Å²) in [4.78, 5) is 30.5. The molecule has 0 aliphatic carbocycles. The largest absolute Gasteiger partial charge is 0.463 e. The number of carbonyl (C=O) groups excluding carboxylic acids is 1. The Morgan fingerprint density at radius 1 is 1.38 bits per heavy atom. The molecule has 0 aliphatic heterocycles. The van der Waals surface area contributed by atoms with Crippen molar-refractivity contribution >= 4 is 28.4 Å². The van der Waals surface area contributed by atoms with Gasteiger partial charge in [-0.2, -0.15) is 0 Å². The predicted molar refractivity (Wildman–Crippen MR) is 106 cm³/mol. The maximum Gasteiger partial charge on any atom is 0.282 e. The van der Waals surface area contributed by atoms with Crippen molar-refractivity contribution in [1.29, 1.82) is 0 Å². The number of benzene rings is 1. The average molecular weight is 403 g/mol. The fourth-order valence-electron chi connectivity index (χ4n) is 2.81. The van der Waals surface area contributed by atoms with Gasteiger partial charge in [-0.05, 0) is 37.1 Å². The summed E-state index contributed by atoms with van der Waals surface area (Å²) in [6, 6.07) is 5.99. The van der Waals surface area contributed by atoms with Crippen LogP contribution >= 0.6 is 0 Å². The van der Waals surface area contributed by atoms with Gasteiger partial charge in [-0.3, -0.25) is 19.0 Å². The number of anilines is 2. The molecule has 0 radical (unpaired) electrons. The molecular weight excluding hydrogens is 381 g/mol. The topological polar surface area (TPSA) is 106 Å². The number of aliphatic hydroxyl groups is 1. The van der Waals surface area contributed by atoms with Crippen molar-refractivity contribution in [3.8, 4) is 0 Å². The second-order valence-corrected chi connectivity index (χ2v) is 6.66. The molecule has 9 heteroatoms. The Balaban J connectivity index is 2.05. The van der Waals surface area contributed by atoms with E-state index in [1.165, 1.54) is 36.1 Å². The highest BCUT2D eigenvalue weighted by Crippen LogP contribution is 2.28. The zero-order chi connectivity index (χ0) is 21.1. The molecule has 2 heterocycles. The lowest BCUT2D eigenvalue weighted by Gasteiger charge is -2.17. The van der Waals surface area contributed by atoms with Crippen LogP contribution in [0.1, 0.15) is 29.3 Å². The fraction of sp³-hybridized carbons (Fsp3) is 0.300. The molecule has 3 aromatic rings. The van der Waals surface area contributed by atoms with Gasteiger partial charge in [-0.15, -0.1) is 0 Å². The van der Waals surface area contributed by atoms with E-state index in [1.807, 2.05) is 0 Å². The number of rotatable bonds is 7. The second-order valence-electron chi connectivity index (χ2n) is 6.66. The van der Waals surface area contributed by atoms with Gasteiger partial charge in [-0.25, -0.2) is 9.87 Å². The van der Waals surface area contributed by atoms with Crippen molar-refractivity contribution in [2.45, 2.75) is 26.4 Å². The molecule has 3 rings (SSSR count). The van der Waals surface area contributed by atoms with E-state index in [1.54, 1.807) is 19.9 Å². The standard InChI is InChI=1S/C20H22FN3O5/c1-4-12(25)10-29-23-19(26)16-17-13(7-8-28-17)20(27)24(3)18(16)22-15-6-5-11(2)9-14(15)21/h5-9,12,22,25H,4,10H2,1-3H3,(H,23,26)/t12-/m0/s1. The SMILES string of the molecule is CC[C@H](O)CONC(=O)c1c(Nc2ccc(C)cc2F)n(C)c(=O)c2ccoc12. The van der Waals surface area contributed by atoms with Crippen molar-refractivity contribution in [2.75, 3.05) is 11.9 Å². The van der Waals surface area contributed by atoms with E-state index in [9.17, 15) is 19.1 Å². The number of nitrogens with one attached hydrogen (secondary N) is 2. The molecular formula is C20H22FN3O5. The molecule has 29 heavy (non-hydrogen) atoms. The van der Waals surface area contributed by atoms with E-state index < -0.39 is 23.4 Å². The summed E-state index contributed by atoms with van der Waals surface area (Å²) in [5.41, 5.74) is 2.65. The maximum atomic E-state index is 14.4. The van der Waals surface area contributed by atoms with Crippen LogP contribution in [0, 0.1) is 12.7 Å². The van der Waals surface area contributed by atoms with Crippen LogP contribution in [0.15, 0.2) is 39.7 Å². The van der Waals surface area contributed by atoms with Crippen LogP contribution in [0.25, 0.3) is 11.0 Å². The number of amides is 1. The average Bonchev–Trinajstić information content (AvgIpc) is 3.17. The van der Waals surface area contributed by atoms with Crippen LogP contribution in [-0.4, -0.2) is 28.3 Å². The molecule has 0 saturated heterocycles. The predicted octanol–water partition coefficient (Wildman–Crippen LogP) is 2.75. The van der Waals surface area contributed by atoms with Crippen LogP contribution in [0.4, 0.5) is 15.9 Å². The summed E-state index contributed by atoms with van der Waals surface area (Å²) < 4.78 is 20.9. The molecule has 0 fully saturated rings. The highest BCUT2D eigenvalue weighted by atomic mass is 19.1. The van der Waals surface area contributed by atoms with Gasteiger partial charge in [0.1, 0.15) is 23.8 Å². The number of hydrogen-bond acceptors (Lipinski definition) is 6. The van der Waals surface area contributed by atoms with Crippen LogP contribution in [0.3, 0.4) is 0 Å². The van der Waals surface area contributed by atoms with Gasteiger partial charge in [0.05, 0.1) is 23.4 Å². The number of halogens is 1. The van der Waals surface area contributed by atoms with Crippen LogP contribution in [-0.2, 0) is 11.9 Å². The quantitative estimate of drug-likeness (QED) is 0.524. The fourth-order valence-corrected chi connectivity index (χ4v) is 2.81. The first kappa shape index (κ1) is 20.6. The third-order valence-corrected chi connectivity index (χ3v) is 4.52. The van der Waals surface area contributed by atoms with E-state index in [0.29, 0.717) is 6.42 Å². The number of aryl methyl sites for hydroxylation is 1. The number of aliphatic hydroxyl groups excluding tert-OH is 1. The molecule has 0 saturated carbocycles. The van der Waals surface area contributed by atoms with Crippen LogP contribution < -0.4 is 16.4 Å². The summed E-state index contributed by atoms with van der Waals surface area (Å²) in [5, 5.41) is 12.6. The van der Waals surface area contributed by atoms with Crippen molar-refractivity contribution in [1.82, 2.24) is 10.0 Å². The Bertz CT molecular complexity index is 1110. The molecule has 0 spiro atoms. The second kappa shape index (κ2) is 8.46. The minimum atomic E-state index is -0.738. The smallest absolute Gasteiger partial charge is 0.282 e. The monoisotopic (exact) mass is 403 g/mol. The first-order chi connectivity index (χ1) is 13.8. The Labute approximate surface area is 165 Å². The number of nitrogens with zero attached hydrogens (tertiary/aromatic N) is 1. The van der Waals surface area contributed by atoms with Gasteiger partial charge >= 0.3 is 0 Å². The van der Waals surface area contributed by atoms with Gasteiger partial charge in [0.25, 0.3) is 11.5 Å². The first-order valence-corrected chi connectivity index (χ1v) is 9.07. The Kier molecular flexibility index (Phi) is 6.00. The molecule has 1 amide bonds. The lowest BCUT2D eigenvalue weighted by Crippen LogP contribution is -2.31. The summed E-state index contributed by atoms with van der Waals surface area (Å²) in [6.07, 6.45) is 1.01. The van der Waals surface area contributed by atoms with Crippen LogP contribution in [0.5, 0.6) is 0 Å². The Hall–Kier alpha value is -3.17. The van der Waals surface area contributed by atoms with Crippen molar-refractivity contribution in [2.24, 2.45) is 7.05 Å². The zero-order valence-corrected chi connectivity index (χ0v) is 16.3. The lowest BCUT2D eigenvalue weighted by atomic mass is 10.1. The van der Waals surface area contributed by atoms with Crippen LogP contribution in [0.2, 0.25) is 0 Å². The van der Waals surface area contributed by atoms with Crippen molar-refractivity contribution in [3.63, 3.8) is 0 Å². The molecule has 0 aliphatic rings. The number of hydrogen-bond donors (Lipinski definition) is 3.